The molecule has 7 nitrogen and oxygen atoms in total. The zero-order chi connectivity index (χ0) is 25.4. The molecule has 1 aliphatic rings. The van der Waals surface area contributed by atoms with Gasteiger partial charge in [0.05, 0.1) is 17.3 Å². The van der Waals surface area contributed by atoms with Gasteiger partial charge in [0, 0.05) is 34.8 Å². The van der Waals surface area contributed by atoms with Crippen molar-refractivity contribution in [3.05, 3.63) is 53.3 Å². The molecule has 182 valence electrons. The molecule has 0 radical (unpaired) electrons. The number of carbonyl (C=O) groups is 1. The van der Waals surface area contributed by atoms with Crippen molar-refractivity contribution in [1.82, 2.24) is 4.98 Å². The number of rotatable bonds is 3. The van der Waals surface area contributed by atoms with Crippen LogP contribution in [0.15, 0.2) is 41.6 Å². The Morgan fingerprint density at radius 3 is 2.48 bits per heavy atom. The van der Waals surface area contributed by atoms with Crippen LogP contribution in [0.4, 0.5) is 0 Å². The molecule has 0 aliphatic carbocycles. The van der Waals surface area contributed by atoms with Gasteiger partial charge in [0.1, 0.15) is 11.7 Å². The van der Waals surface area contributed by atoms with E-state index in [4.69, 9.17) is 9.47 Å². The Morgan fingerprint density at radius 2 is 1.91 bits per heavy atom. The molecule has 0 bridgehead atoms. The SMILES string of the molecule is CCOC(=O)C(C#Cc1cc2c(cc1S)OCCC2(S)S)c1cccnc1.CN.CN.CN. The molecular formula is C23H34N4O3S3. The number of ether oxygens (including phenoxy) is 2. The molecule has 0 fully saturated rings. The zero-order valence-electron chi connectivity index (χ0n) is 19.4. The van der Waals surface area contributed by atoms with Crippen molar-refractivity contribution in [1.29, 1.82) is 0 Å². The molecule has 1 aromatic heterocycles. The quantitative estimate of drug-likeness (QED) is 0.162. The summed E-state index contributed by atoms with van der Waals surface area (Å²) in [5.74, 6) is 5.64. The van der Waals surface area contributed by atoms with E-state index in [-0.39, 0.29) is 6.61 Å². The molecule has 33 heavy (non-hydrogen) atoms. The molecule has 10 heteroatoms. The first-order chi connectivity index (χ1) is 15.9. The number of nitrogens with two attached hydrogens (primary N) is 3. The second kappa shape index (κ2) is 16.7. The Balaban J connectivity index is 0.00000158. The van der Waals surface area contributed by atoms with E-state index in [2.05, 4.69) is 71.9 Å². The third kappa shape index (κ3) is 9.12. The molecule has 2 aromatic rings. The third-order valence-corrected chi connectivity index (χ3v) is 5.43. The van der Waals surface area contributed by atoms with Gasteiger partial charge in [-0.05, 0) is 51.8 Å². The third-order valence-electron chi connectivity index (χ3n) is 4.13. The van der Waals surface area contributed by atoms with E-state index in [0.717, 1.165) is 5.56 Å². The number of pyridine rings is 1. The molecular weight excluding hydrogens is 476 g/mol. The van der Waals surface area contributed by atoms with Gasteiger partial charge in [0.25, 0.3) is 0 Å². The fraction of sp³-hybridized carbons (Fsp3) is 0.391. The first-order valence-electron chi connectivity index (χ1n) is 10.2. The van der Waals surface area contributed by atoms with Gasteiger partial charge < -0.3 is 26.7 Å². The maximum absolute atomic E-state index is 12.4. The Bertz CT molecular complexity index is 916. The van der Waals surface area contributed by atoms with Crippen LogP contribution < -0.4 is 21.9 Å². The number of hydrogen-bond acceptors (Lipinski definition) is 10. The van der Waals surface area contributed by atoms with Crippen molar-refractivity contribution in [3.8, 4) is 17.6 Å². The highest BCUT2D eigenvalue weighted by Crippen LogP contribution is 2.45. The molecule has 6 N–H and O–H groups in total. The summed E-state index contributed by atoms with van der Waals surface area (Å²) in [6, 6.07) is 7.25. The van der Waals surface area contributed by atoms with Crippen molar-refractivity contribution < 1.29 is 14.3 Å². The maximum Gasteiger partial charge on any atom is 0.325 e. The van der Waals surface area contributed by atoms with Crippen LogP contribution in [0.3, 0.4) is 0 Å². The van der Waals surface area contributed by atoms with Crippen LogP contribution in [0.25, 0.3) is 0 Å². The first-order valence-corrected chi connectivity index (χ1v) is 11.5. The van der Waals surface area contributed by atoms with Gasteiger partial charge >= 0.3 is 5.97 Å². The second-order valence-corrected chi connectivity index (χ2v) is 8.38. The summed E-state index contributed by atoms with van der Waals surface area (Å²) in [5.41, 5.74) is 15.7. The fourth-order valence-electron chi connectivity index (χ4n) is 2.74. The first kappa shape index (κ1) is 31.1. The monoisotopic (exact) mass is 510 g/mol. The predicted octanol–water partition coefficient (Wildman–Crippen LogP) is 2.59. The summed E-state index contributed by atoms with van der Waals surface area (Å²) >= 11 is 13.8. The van der Waals surface area contributed by atoms with Crippen molar-refractivity contribution in [2.24, 2.45) is 17.2 Å². The number of hydrogen-bond donors (Lipinski definition) is 6. The Morgan fingerprint density at radius 1 is 1.24 bits per heavy atom. The molecule has 2 heterocycles. The van der Waals surface area contributed by atoms with Gasteiger partial charge in [-0.1, -0.05) is 17.9 Å². The molecule has 0 saturated carbocycles. The number of fused-ring (bicyclic) bond motifs is 1. The van der Waals surface area contributed by atoms with E-state index >= 15 is 0 Å². The number of benzene rings is 1. The van der Waals surface area contributed by atoms with Crippen LogP contribution >= 0.6 is 37.9 Å². The topological polar surface area (TPSA) is 126 Å². The summed E-state index contributed by atoms with van der Waals surface area (Å²) in [6.07, 6.45) is 3.94. The molecule has 1 atom stereocenters. The van der Waals surface area contributed by atoms with Crippen LogP contribution in [-0.4, -0.2) is 45.3 Å². The number of carbonyl (C=O) groups excluding carboxylic acids is 1. The van der Waals surface area contributed by atoms with E-state index in [1.807, 2.05) is 12.1 Å². The molecule has 0 spiro atoms. The minimum atomic E-state index is -0.726. The van der Waals surface area contributed by atoms with Gasteiger partial charge in [-0.2, -0.15) is 25.3 Å². The van der Waals surface area contributed by atoms with Crippen molar-refractivity contribution >= 4 is 43.9 Å². The summed E-state index contributed by atoms with van der Waals surface area (Å²) in [6.45, 7) is 2.59. The van der Waals surface area contributed by atoms with Crippen molar-refractivity contribution in [3.63, 3.8) is 0 Å². The summed E-state index contributed by atoms with van der Waals surface area (Å²) in [4.78, 5) is 17.1. The number of aromatic nitrogens is 1. The molecule has 0 saturated heterocycles. The van der Waals surface area contributed by atoms with Crippen LogP contribution in [0.1, 0.15) is 36.0 Å². The van der Waals surface area contributed by atoms with Gasteiger partial charge in [0.2, 0.25) is 0 Å². The highest BCUT2D eigenvalue weighted by molar-refractivity contribution is 7.99. The van der Waals surface area contributed by atoms with Gasteiger partial charge in [-0.15, -0.1) is 12.6 Å². The van der Waals surface area contributed by atoms with E-state index < -0.39 is 16.0 Å². The molecule has 3 rings (SSSR count). The van der Waals surface area contributed by atoms with Crippen LogP contribution in [0.2, 0.25) is 0 Å². The Labute approximate surface area is 213 Å². The lowest BCUT2D eigenvalue weighted by Crippen LogP contribution is -2.22. The summed E-state index contributed by atoms with van der Waals surface area (Å²) < 4.78 is 10.2. The highest BCUT2D eigenvalue weighted by atomic mass is 32.2. The minimum absolute atomic E-state index is 0.285. The van der Waals surface area contributed by atoms with Gasteiger partial charge in [-0.3, -0.25) is 9.78 Å². The van der Waals surface area contributed by atoms with E-state index in [1.165, 1.54) is 21.1 Å². The molecule has 1 aromatic carbocycles. The van der Waals surface area contributed by atoms with Gasteiger partial charge in [-0.25, -0.2) is 0 Å². The molecule has 0 amide bonds. The predicted molar refractivity (Wildman–Crippen MR) is 144 cm³/mol. The van der Waals surface area contributed by atoms with E-state index in [9.17, 15) is 4.79 Å². The minimum Gasteiger partial charge on any atom is -0.493 e. The summed E-state index contributed by atoms with van der Waals surface area (Å²) in [7, 11) is 4.50. The zero-order valence-corrected chi connectivity index (χ0v) is 22.1. The second-order valence-electron chi connectivity index (χ2n) is 6.02. The highest BCUT2D eigenvalue weighted by Gasteiger charge is 2.31. The lowest BCUT2D eigenvalue weighted by atomic mass is 9.99. The largest absolute Gasteiger partial charge is 0.493 e. The van der Waals surface area contributed by atoms with Crippen molar-refractivity contribution in [2.45, 2.75) is 28.2 Å². The lowest BCUT2D eigenvalue weighted by molar-refractivity contribution is -0.143. The Hall–Kier alpha value is -1.87. The lowest BCUT2D eigenvalue weighted by Gasteiger charge is -2.31. The van der Waals surface area contributed by atoms with E-state index in [1.54, 1.807) is 31.5 Å². The van der Waals surface area contributed by atoms with Crippen molar-refractivity contribution in [2.75, 3.05) is 34.4 Å². The fourth-order valence-corrected chi connectivity index (χ4v) is 3.51. The average molecular weight is 511 g/mol. The number of nitrogens with zero attached hydrogens (tertiary/aromatic N) is 1. The standard InChI is InChI=1S/C20H19NO3S3.3CH5N/c1-2-23-19(22)15(14-4-3-8-21-12-14)6-5-13-10-16-17(11-18(13)25)24-9-7-20(16,26)27;3*1-2/h3-4,8,10-12,15,25-27H,2,7,9H2,1H3;3*2H2,1H3. The smallest absolute Gasteiger partial charge is 0.325 e. The molecule has 1 unspecified atom stereocenters. The van der Waals surface area contributed by atoms with Crippen LogP contribution in [-0.2, 0) is 13.6 Å². The van der Waals surface area contributed by atoms with Crippen LogP contribution in [0, 0.1) is 11.8 Å². The summed E-state index contributed by atoms with van der Waals surface area (Å²) in [5, 5.41) is 0. The maximum atomic E-state index is 12.4. The number of thiol groups is 3. The van der Waals surface area contributed by atoms with Crippen LogP contribution in [0.5, 0.6) is 5.75 Å². The number of esters is 1. The van der Waals surface area contributed by atoms with E-state index in [0.29, 0.717) is 34.8 Å². The normalized spacial score (nSPS) is 13.3. The van der Waals surface area contributed by atoms with Gasteiger partial charge in [0.15, 0.2) is 0 Å². The average Bonchev–Trinajstić information content (AvgIpc) is 2.84. The Kier molecular flexibility index (Phi) is 15.8. The molecule has 1 aliphatic heterocycles.